The molecule has 1 aromatic carbocycles. The first-order chi connectivity index (χ1) is 6.16. The zero-order valence-corrected chi connectivity index (χ0v) is 7.15. The van der Waals surface area contributed by atoms with Gasteiger partial charge >= 0.3 is 0 Å². The van der Waals surface area contributed by atoms with Gasteiger partial charge < -0.3 is 10.4 Å². The van der Waals surface area contributed by atoms with Gasteiger partial charge in [0.2, 0.25) is 0 Å². The normalized spacial score (nSPS) is 9.92. The van der Waals surface area contributed by atoms with Gasteiger partial charge in [0.05, 0.1) is 10.5 Å². The molecule has 0 aliphatic carbocycles. The first-order valence-corrected chi connectivity index (χ1v) is 3.76. The molecule has 0 spiro atoms. The number of nitro groups is 1. The fourth-order valence-electron chi connectivity index (χ4n) is 1.09. The molecule has 0 aliphatic heterocycles. The van der Waals surface area contributed by atoms with Crippen molar-refractivity contribution >= 4 is 5.69 Å². The molecule has 2 N–H and O–H groups in total. The third-order valence-electron chi connectivity index (χ3n) is 1.68. The second-order valence-electron chi connectivity index (χ2n) is 2.56. The molecule has 0 unspecified atom stereocenters. The summed E-state index contributed by atoms with van der Waals surface area (Å²) in [5.74, 6) is -0.0523. The van der Waals surface area contributed by atoms with Gasteiger partial charge in [-0.05, 0) is 13.1 Å². The molecule has 0 saturated heterocycles. The maximum Gasteiger partial charge on any atom is 0.277 e. The number of hydrogen-bond donors (Lipinski definition) is 2. The van der Waals surface area contributed by atoms with Gasteiger partial charge in [-0.15, -0.1) is 0 Å². The van der Waals surface area contributed by atoms with Crippen molar-refractivity contribution in [3.05, 3.63) is 33.9 Å². The van der Waals surface area contributed by atoms with E-state index in [-0.39, 0.29) is 18.0 Å². The number of benzene rings is 1. The molecule has 0 aromatic heterocycles. The van der Waals surface area contributed by atoms with Crippen LogP contribution in [0, 0.1) is 10.1 Å². The Labute approximate surface area is 75.2 Å². The summed E-state index contributed by atoms with van der Waals surface area (Å²) >= 11 is 0. The van der Waals surface area contributed by atoms with Crippen LogP contribution in [0.4, 0.5) is 5.69 Å². The summed E-state index contributed by atoms with van der Waals surface area (Å²) in [7, 11) is 1.66. The molecule has 5 heteroatoms. The number of phenolic OH excluding ortho intramolecular Hbond substituents is 1. The van der Waals surface area contributed by atoms with E-state index in [1.165, 1.54) is 18.2 Å². The summed E-state index contributed by atoms with van der Waals surface area (Å²) in [6.07, 6.45) is 0. The van der Waals surface area contributed by atoms with Crippen LogP contribution in [0.2, 0.25) is 0 Å². The molecule has 1 aromatic rings. The van der Waals surface area contributed by atoms with Gasteiger partial charge in [-0.2, -0.15) is 0 Å². The molecule has 0 atom stereocenters. The number of nitro benzene ring substituents is 1. The zero-order chi connectivity index (χ0) is 9.84. The smallest absolute Gasteiger partial charge is 0.277 e. The predicted octanol–water partition coefficient (Wildman–Crippen LogP) is 1.02. The van der Waals surface area contributed by atoms with Crippen LogP contribution in [-0.2, 0) is 6.54 Å². The molecule has 0 fully saturated rings. The minimum absolute atomic E-state index is 0.0523. The van der Waals surface area contributed by atoms with E-state index in [0.717, 1.165) is 0 Å². The lowest BCUT2D eigenvalue weighted by Crippen LogP contribution is -2.07. The molecule has 1 rings (SSSR count). The minimum atomic E-state index is -0.508. The first-order valence-electron chi connectivity index (χ1n) is 3.76. The second-order valence-corrected chi connectivity index (χ2v) is 2.56. The van der Waals surface area contributed by atoms with Crippen molar-refractivity contribution in [2.45, 2.75) is 6.54 Å². The Balaban J connectivity index is 3.17. The van der Waals surface area contributed by atoms with Crippen LogP contribution in [-0.4, -0.2) is 17.1 Å². The molecular formula is C8H10N2O3. The maximum absolute atomic E-state index is 10.5. The Morgan fingerprint density at radius 2 is 2.31 bits per heavy atom. The lowest BCUT2D eigenvalue weighted by atomic mass is 10.1. The van der Waals surface area contributed by atoms with E-state index < -0.39 is 4.92 Å². The summed E-state index contributed by atoms with van der Waals surface area (Å²) in [6, 6.07) is 4.25. The van der Waals surface area contributed by atoms with Crippen molar-refractivity contribution in [2.24, 2.45) is 0 Å². The average molecular weight is 182 g/mol. The topological polar surface area (TPSA) is 75.4 Å². The molecule has 0 heterocycles. The van der Waals surface area contributed by atoms with Crippen LogP contribution in [0.25, 0.3) is 0 Å². The van der Waals surface area contributed by atoms with Crippen molar-refractivity contribution in [1.29, 1.82) is 0 Å². The number of nitrogens with zero attached hydrogens (tertiary/aromatic N) is 1. The van der Waals surface area contributed by atoms with Crippen LogP contribution in [0.15, 0.2) is 18.2 Å². The molecule has 0 saturated carbocycles. The highest BCUT2D eigenvalue weighted by Gasteiger charge is 2.15. The molecular weight excluding hydrogens is 172 g/mol. The monoisotopic (exact) mass is 182 g/mol. The zero-order valence-electron chi connectivity index (χ0n) is 7.15. The van der Waals surface area contributed by atoms with E-state index in [1.807, 2.05) is 0 Å². The summed E-state index contributed by atoms with van der Waals surface area (Å²) < 4.78 is 0. The standard InChI is InChI=1S/C8H10N2O3/c1-9-5-6-7(10(12)13)3-2-4-8(6)11/h2-4,9,11H,5H2,1H3. The number of hydrogen-bond acceptors (Lipinski definition) is 4. The summed E-state index contributed by atoms with van der Waals surface area (Å²) in [6.45, 7) is 0.281. The number of aromatic hydroxyl groups is 1. The van der Waals surface area contributed by atoms with Gasteiger partial charge in [0.1, 0.15) is 5.75 Å². The first kappa shape index (κ1) is 9.47. The average Bonchev–Trinajstić information content (AvgIpc) is 2.08. The highest BCUT2D eigenvalue weighted by Crippen LogP contribution is 2.26. The van der Waals surface area contributed by atoms with Gasteiger partial charge in [0.25, 0.3) is 5.69 Å². The van der Waals surface area contributed by atoms with Crippen LogP contribution in [0.1, 0.15) is 5.56 Å². The molecule has 70 valence electrons. The van der Waals surface area contributed by atoms with E-state index in [0.29, 0.717) is 5.56 Å². The third-order valence-corrected chi connectivity index (χ3v) is 1.68. The minimum Gasteiger partial charge on any atom is -0.507 e. The predicted molar refractivity (Wildman–Crippen MR) is 47.5 cm³/mol. The highest BCUT2D eigenvalue weighted by atomic mass is 16.6. The molecule has 0 aliphatic rings. The van der Waals surface area contributed by atoms with E-state index in [9.17, 15) is 15.2 Å². The van der Waals surface area contributed by atoms with Gasteiger partial charge in [-0.1, -0.05) is 6.07 Å². The van der Waals surface area contributed by atoms with Crippen molar-refractivity contribution in [3.8, 4) is 5.75 Å². The Morgan fingerprint density at radius 3 is 2.85 bits per heavy atom. The molecule has 0 amide bonds. The maximum atomic E-state index is 10.5. The number of nitrogens with one attached hydrogen (secondary N) is 1. The van der Waals surface area contributed by atoms with Crippen LogP contribution in [0.5, 0.6) is 5.75 Å². The number of phenols is 1. The summed E-state index contributed by atoms with van der Waals surface area (Å²) in [5, 5.41) is 22.6. The Kier molecular flexibility index (Phi) is 2.81. The van der Waals surface area contributed by atoms with Crippen molar-refractivity contribution < 1.29 is 10.0 Å². The Morgan fingerprint density at radius 1 is 1.62 bits per heavy atom. The van der Waals surface area contributed by atoms with Gasteiger partial charge in [0.15, 0.2) is 0 Å². The highest BCUT2D eigenvalue weighted by molar-refractivity contribution is 5.48. The molecule has 5 nitrogen and oxygen atoms in total. The van der Waals surface area contributed by atoms with E-state index in [2.05, 4.69) is 5.32 Å². The van der Waals surface area contributed by atoms with Crippen LogP contribution >= 0.6 is 0 Å². The quantitative estimate of drug-likeness (QED) is 0.540. The second kappa shape index (κ2) is 3.86. The van der Waals surface area contributed by atoms with Gasteiger partial charge in [0, 0.05) is 12.6 Å². The van der Waals surface area contributed by atoms with E-state index >= 15 is 0 Å². The Bertz CT molecular complexity index is 325. The van der Waals surface area contributed by atoms with Crippen molar-refractivity contribution in [2.75, 3.05) is 7.05 Å². The third kappa shape index (κ3) is 1.94. The summed E-state index contributed by atoms with van der Waals surface area (Å²) in [4.78, 5) is 10.0. The SMILES string of the molecule is CNCc1c(O)cccc1[N+](=O)[O-]. The molecule has 0 radical (unpaired) electrons. The van der Waals surface area contributed by atoms with Gasteiger partial charge in [-0.25, -0.2) is 0 Å². The fraction of sp³-hybridized carbons (Fsp3) is 0.250. The lowest BCUT2D eigenvalue weighted by Gasteiger charge is -2.03. The number of rotatable bonds is 3. The molecule has 13 heavy (non-hydrogen) atoms. The van der Waals surface area contributed by atoms with Crippen LogP contribution < -0.4 is 5.32 Å². The largest absolute Gasteiger partial charge is 0.507 e. The van der Waals surface area contributed by atoms with Crippen molar-refractivity contribution in [3.63, 3.8) is 0 Å². The van der Waals surface area contributed by atoms with E-state index in [4.69, 9.17) is 0 Å². The van der Waals surface area contributed by atoms with Crippen molar-refractivity contribution in [1.82, 2.24) is 5.32 Å². The Hall–Kier alpha value is -1.62. The van der Waals surface area contributed by atoms with Crippen LogP contribution in [0.3, 0.4) is 0 Å². The van der Waals surface area contributed by atoms with E-state index in [1.54, 1.807) is 7.05 Å². The molecule has 0 bridgehead atoms. The fourth-order valence-corrected chi connectivity index (χ4v) is 1.09. The summed E-state index contributed by atoms with van der Waals surface area (Å²) in [5.41, 5.74) is 0.254. The van der Waals surface area contributed by atoms with Gasteiger partial charge in [-0.3, -0.25) is 10.1 Å². The lowest BCUT2D eigenvalue weighted by molar-refractivity contribution is -0.385.